The molecule has 0 aliphatic carbocycles. The van der Waals surface area contributed by atoms with Gasteiger partial charge in [-0.25, -0.2) is 0 Å². The first-order chi connectivity index (χ1) is 8.56. The third-order valence-corrected chi connectivity index (χ3v) is 3.30. The van der Waals surface area contributed by atoms with Gasteiger partial charge >= 0.3 is 0 Å². The van der Waals surface area contributed by atoms with E-state index in [-0.39, 0.29) is 11.9 Å². The number of nitrogens with one attached hydrogen (secondary N) is 2. The molecule has 2 rings (SSSR count). The molecule has 2 unspecified atom stereocenters. The number of aryl methyl sites for hydroxylation is 2. The van der Waals surface area contributed by atoms with Crippen LogP contribution in [0.2, 0.25) is 0 Å². The van der Waals surface area contributed by atoms with Crippen molar-refractivity contribution in [2.75, 3.05) is 6.54 Å². The van der Waals surface area contributed by atoms with Crippen LogP contribution in [0.4, 0.5) is 0 Å². The Kier molecular flexibility index (Phi) is 3.91. The van der Waals surface area contributed by atoms with Gasteiger partial charge in [0.25, 0.3) is 5.91 Å². The standard InChI is InChI=1S/C13H20N4O/c1-8-6-11(4-5-14-8)15-13(18)12-7-9(2)16-17-10(12)3/h7-8,11,14H,4-6H2,1-3H3,(H,15,18). The van der Waals surface area contributed by atoms with Crippen LogP contribution in [0.5, 0.6) is 0 Å². The molecule has 0 saturated carbocycles. The van der Waals surface area contributed by atoms with E-state index in [0.29, 0.717) is 17.3 Å². The highest BCUT2D eigenvalue weighted by Crippen LogP contribution is 2.11. The first kappa shape index (κ1) is 13.0. The van der Waals surface area contributed by atoms with Gasteiger partial charge in [-0.15, -0.1) is 0 Å². The van der Waals surface area contributed by atoms with Crippen LogP contribution in [-0.2, 0) is 0 Å². The third kappa shape index (κ3) is 3.04. The second-order valence-corrected chi connectivity index (χ2v) is 5.03. The van der Waals surface area contributed by atoms with E-state index in [0.717, 1.165) is 25.1 Å². The molecule has 1 aromatic rings. The van der Waals surface area contributed by atoms with Crippen molar-refractivity contribution >= 4 is 5.91 Å². The Morgan fingerprint density at radius 1 is 1.44 bits per heavy atom. The number of rotatable bonds is 2. The van der Waals surface area contributed by atoms with Gasteiger partial charge in [0.2, 0.25) is 0 Å². The molecule has 1 fully saturated rings. The summed E-state index contributed by atoms with van der Waals surface area (Å²) >= 11 is 0. The van der Waals surface area contributed by atoms with Crippen molar-refractivity contribution in [3.05, 3.63) is 23.0 Å². The molecule has 0 spiro atoms. The minimum absolute atomic E-state index is 0.0374. The molecular formula is C13H20N4O. The Hall–Kier alpha value is -1.49. The quantitative estimate of drug-likeness (QED) is 0.818. The van der Waals surface area contributed by atoms with Gasteiger partial charge in [0, 0.05) is 12.1 Å². The van der Waals surface area contributed by atoms with Gasteiger partial charge < -0.3 is 10.6 Å². The Morgan fingerprint density at radius 3 is 2.94 bits per heavy atom. The van der Waals surface area contributed by atoms with E-state index >= 15 is 0 Å². The van der Waals surface area contributed by atoms with Crippen LogP contribution >= 0.6 is 0 Å². The molecule has 2 N–H and O–H groups in total. The Morgan fingerprint density at radius 2 is 2.22 bits per heavy atom. The zero-order valence-electron chi connectivity index (χ0n) is 11.2. The maximum Gasteiger partial charge on any atom is 0.253 e. The van der Waals surface area contributed by atoms with Crippen molar-refractivity contribution in [2.24, 2.45) is 0 Å². The van der Waals surface area contributed by atoms with Crippen LogP contribution in [-0.4, -0.2) is 34.7 Å². The highest BCUT2D eigenvalue weighted by Gasteiger charge is 2.21. The number of hydrogen-bond donors (Lipinski definition) is 2. The normalized spacial score (nSPS) is 23.7. The van der Waals surface area contributed by atoms with Gasteiger partial charge in [-0.05, 0) is 46.2 Å². The summed E-state index contributed by atoms with van der Waals surface area (Å²) in [5.74, 6) is -0.0374. The lowest BCUT2D eigenvalue weighted by Crippen LogP contribution is -2.46. The van der Waals surface area contributed by atoms with Gasteiger partial charge in [0.1, 0.15) is 0 Å². The molecule has 5 heteroatoms. The molecule has 1 aliphatic rings. The van der Waals surface area contributed by atoms with Crippen LogP contribution < -0.4 is 10.6 Å². The van der Waals surface area contributed by atoms with Gasteiger partial charge in [-0.2, -0.15) is 10.2 Å². The Balaban J connectivity index is 2.05. The first-order valence-corrected chi connectivity index (χ1v) is 6.41. The first-order valence-electron chi connectivity index (χ1n) is 6.41. The van der Waals surface area contributed by atoms with Gasteiger partial charge in [0.05, 0.1) is 17.0 Å². The number of aromatic nitrogens is 2. The maximum atomic E-state index is 12.2. The van der Waals surface area contributed by atoms with E-state index in [1.54, 1.807) is 6.07 Å². The number of hydrogen-bond acceptors (Lipinski definition) is 4. The maximum absolute atomic E-state index is 12.2. The van der Waals surface area contributed by atoms with E-state index in [1.807, 2.05) is 13.8 Å². The zero-order chi connectivity index (χ0) is 13.1. The summed E-state index contributed by atoms with van der Waals surface area (Å²) in [6, 6.07) is 2.51. The van der Waals surface area contributed by atoms with Crippen molar-refractivity contribution < 1.29 is 4.79 Å². The van der Waals surface area contributed by atoms with Crippen molar-refractivity contribution in [3.8, 4) is 0 Å². The van der Waals surface area contributed by atoms with Crippen LogP contribution in [0.15, 0.2) is 6.07 Å². The highest BCUT2D eigenvalue weighted by atomic mass is 16.1. The molecule has 2 heterocycles. The number of carbonyl (C=O) groups excluding carboxylic acids is 1. The second-order valence-electron chi connectivity index (χ2n) is 5.03. The number of nitrogens with zero attached hydrogens (tertiary/aromatic N) is 2. The monoisotopic (exact) mass is 248 g/mol. The zero-order valence-corrected chi connectivity index (χ0v) is 11.2. The van der Waals surface area contributed by atoms with Crippen LogP contribution in [0.1, 0.15) is 41.5 Å². The summed E-state index contributed by atoms with van der Waals surface area (Å²) in [6.45, 7) is 6.75. The summed E-state index contributed by atoms with van der Waals surface area (Å²) in [7, 11) is 0. The number of carbonyl (C=O) groups is 1. The lowest BCUT2D eigenvalue weighted by molar-refractivity contribution is 0.0924. The molecule has 1 aromatic heterocycles. The molecule has 1 aliphatic heterocycles. The fourth-order valence-corrected chi connectivity index (χ4v) is 2.31. The average molecular weight is 248 g/mol. The molecule has 0 radical (unpaired) electrons. The van der Waals surface area contributed by atoms with Gasteiger partial charge in [0.15, 0.2) is 0 Å². The third-order valence-electron chi connectivity index (χ3n) is 3.30. The van der Waals surface area contributed by atoms with Crippen LogP contribution in [0.3, 0.4) is 0 Å². The topological polar surface area (TPSA) is 66.9 Å². The summed E-state index contributed by atoms with van der Waals surface area (Å²) in [4.78, 5) is 12.2. The second kappa shape index (κ2) is 5.44. The Labute approximate surface area is 107 Å². The number of piperidine rings is 1. The predicted molar refractivity (Wildman–Crippen MR) is 69.5 cm³/mol. The molecule has 0 aromatic carbocycles. The molecule has 2 atom stereocenters. The van der Waals surface area contributed by atoms with Gasteiger partial charge in [-0.1, -0.05) is 0 Å². The van der Waals surface area contributed by atoms with Crippen molar-refractivity contribution in [1.29, 1.82) is 0 Å². The fourth-order valence-electron chi connectivity index (χ4n) is 2.31. The lowest BCUT2D eigenvalue weighted by atomic mass is 10.00. The van der Waals surface area contributed by atoms with E-state index in [2.05, 4.69) is 27.8 Å². The van der Waals surface area contributed by atoms with Crippen molar-refractivity contribution in [2.45, 2.75) is 45.7 Å². The Bertz CT molecular complexity index is 447. The highest BCUT2D eigenvalue weighted by molar-refractivity contribution is 5.95. The van der Waals surface area contributed by atoms with Gasteiger partial charge in [-0.3, -0.25) is 4.79 Å². The fraction of sp³-hybridized carbons (Fsp3) is 0.615. The average Bonchev–Trinajstić information content (AvgIpc) is 2.32. The summed E-state index contributed by atoms with van der Waals surface area (Å²) in [5, 5.41) is 14.4. The van der Waals surface area contributed by atoms with E-state index in [9.17, 15) is 4.79 Å². The molecule has 5 nitrogen and oxygen atoms in total. The van der Waals surface area contributed by atoms with Crippen LogP contribution in [0.25, 0.3) is 0 Å². The van der Waals surface area contributed by atoms with E-state index in [1.165, 1.54) is 0 Å². The minimum Gasteiger partial charge on any atom is -0.349 e. The molecule has 18 heavy (non-hydrogen) atoms. The van der Waals surface area contributed by atoms with E-state index < -0.39 is 0 Å². The van der Waals surface area contributed by atoms with Crippen molar-refractivity contribution in [1.82, 2.24) is 20.8 Å². The lowest BCUT2D eigenvalue weighted by Gasteiger charge is -2.28. The largest absolute Gasteiger partial charge is 0.349 e. The molecule has 1 amide bonds. The van der Waals surface area contributed by atoms with E-state index in [4.69, 9.17) is 0 Å². The predicted octanol–water partition coefficient (Wildman–Crippen LogP) is 0.964. The molecule has 1 saturated heterocycles. The van der Waals surface area contributed by atoms with Crippen LogP contribution in [0, 0.1) is 13.8 Å². The van der Waals surface area contributed by atoms with Crippen molar-refractivity contribution in [3.63, 3.8) is 0 Å². The smallest absolute Gasteiger partial charge is 0.253 e. The number of amides is 1. The molecule has 0 bridgehead atoms. The molecular weight excluding hydrogens is 228 g/mol. The molecule has 98 valence electrons. The SMILES string of the molecule is Cc1cc(C(=O)NC2CCNC(C)C2)c(C)nn1. The minimum atomic E-state index is -0.0374. The summed E-state index contributed by atoms with van der Waals surface area (Å²) in [6.07, 6.45) is 1.95. The summed E-state index contributed by atoms with van der Waals surface area (Å²) < 4.78 is 0. The summed E-state index contributed by atoms with van der Waals surface area (Å²) in [5.41, 5.74) is 2.08.